The number of likely N-dealkylation sites (tertiary alicyclic amines) is 2. The van der Waals surface area contributed by atoms with Crippen molar-refractivity contribution in [1.82, 2.24) is 15.3 Å². The summed E-state index contributed by atoms with van der Waals surface area (Å²) in [5, 5.41) is 0. The molecule has 34 heavy (non-hydrogen) atoms. The van der Waals surface area contributed by atoms with Crippen LogP contribution in [0.1, 0.15) is 25.4 Å². The van der Waals surface area contributed by atoms with Crippen molar-refractivity contribution >= 4 is 17.3 Å². The Labute approximate surface area is 197 Å². The molecule has 2 saturated heterocycles. The fraction of sp³-hybridized carbons (Fsp3) is 0.458. The molecular formula is C24H30F3N5O2. The summed E-state index contributed by atoms with van der Waals surface area (Å²) in [7, 11) is 0. The minimum absolute atomic E-state index is 0. The van der Waals surface area contributed by atoms with Gasteiger partial charge < -0.3 is 20.5 Å². The van der Waals surface area contributed by atoms with Crippen LogP contribution in [-0.2, 0) is 17.8 Å². The average Bonchev–Trinajstić information content (AvgIpc) is 3.42. The SMILES string of the molecule is O=C(CCc1ccc(OC(F)(F)F)cc1)N1CC[C@@H]2CN(Cc3ccc4c(c3)NNN4)C[C@H]2C1.[HH]. The zero-order chi connectivity index (χ0) is 23.7. The van der Waals surface area contributed by atoms with Gasteiger partial charge in [-0.15, -0.1) is 18.7 Å². The highest BCUT2D eigenvalue weighted by Crippen LogP contribution is 2.33. The second-order valence-electron chi connectivity index (χ2n) is 9.29. The maximum absolute atomic E-state index is 12.8. The molecule has 3 heterocycles. The van der Waals surface area contributed by atoms with Crippen LogP contribution in [0.25, 0.3) is 0 Å². The molecule has 2 fully saturated rings. The molecule has 5 rings (SSSR count). The number of anilines is 2. The number of amides is 1. The van der Waals surface area contributed by atoms with Gasteiger partial charge in [0.05, 0.1) is 11.4 Å². The van der Waals surface area contributed by atoms with Gasteiger partial charge in [0.25, 0.3) is 0 Å². The number of carbonyl (C=O) groups is 1. The molecule has 0 radical (unpaired) electrons. The number of rotatable bonds is 6. The van der Waals surface area contributed by atoms with E-state index in [1.165, 1.54) is 17.7 Å². The van der Waals surface area contributed by atoms with E-state index >= 15 is 0 Å². The summed E-state index contributed by atoms with van der Waals surface area (Å²) >= 11 is 0. The number of hydrazine groups is 2. The van der Waals surface area contributed by atoms with Gasteiger partial charge in [-0.3, -0.25) is 9.69 Å². The molecular weight excluding hydrogens is 447 g/mol. The summed E-state index contributed by atoms with van der Waals surface area (Å²) in [5.41, 5.74) is 13.2. The predicted octanol–water partition coefficient (Wildman–Crippen LogP) is 4.00. The highest BCUT2D eigenvalue weighted by molar-refractivity contribution is 5.76. The van der Waals surface area contributed by atoms with Gasteiger partial charge in [0.2, 0.25) is 5.91 Å². The average molecular weight is 478 g/mol. The molecule has 1 amide bonds. The number of ether oxygens (including phenoxy) is 1. The summed E-state index contributed by atoms with van der Waals surface area (Å²) in [5.74, 6) is 0.950. The number of nitrogens with one attached hydrogen (secondary N) is 3. The smallest absolute Gasteiger partial charge is 0.406 e. The Morgan fingerprint density at radius 1 is 1.00 bits per heavy atom. The Balaban J connectivity index is 0.00000289. The lowest BCUT2D eigenvalue weighted by molar-refractivity contribution is -0.274. The molecule has 3 N–H and O–H groups in total. The molecule has 0 unspecified atom stereocenters. The fourth-order valence-corrected chi connectivity index (χ4v) is 5.21. The van der Waals surface area contributed by atoms with Crippen LogP contribution >= 0.6 is 0 Å². The molecule has 7 nitrogen and oxygen atoms in total. The van der Waals surface area contributed by atoms with Gasteiger partial charge in [-0.25, -0.2) is 0 Å². The Morgan fingerprint density at radius 2 is 1.74 bits per heavy atom. The summed E-state index contributed by atoms with van der Waals surface area (Å²) in [6.45, 7) is 4.48. The lowest BCUT2D eigenvalue weighted by Crippen LogP contribution is -2.43. The van der Waals surface area contributed by atoms with E-state index < -0.39 is 6.36 Å². The third-order valence-electron chi connectivity index (χ3n) is 6.90. The highest BCUT2D eigenvalue weighted by atomic mass is 19.4. The van der Waals surface area contributed by atoms with Gasteiger partial charge in [0.1, 0.15) is 5.75 Å². The zero-order valence-corrected chi connectivity index (χ0v) is 18.7. The number of fused-ring (bicyclic) bond motifs is 2. The number of carbonyl (C=O) groups excluding carboxylic acids is 1. The normalized spacial score (nSPS) is 22.0. The first-order chi connectivity index (χ1) is 16.3. The molecule has 0 aromatic heterocycles. The Bertz CT molecular complexity index is 1040. The first kappa shape index (κ1) is 22.8. The first-order valence-electron chi connectivity index (χ1n) is 11.6. The van der Waals surface area contributed by atoms with Crippen molar-refractivity contribution in [3.05, 3.63) is 53.6 Å². The second kappa shape index (κ2) is 9.34. The number of aryl methyl sites for hydroxylation is 1. The molecule has 184 valence electrons. The molecule has 2 atom stereocenters. The highest BCUT2D eigenvalue weighted by Gasteiger charge is 2.38. The standard InChI is InChI=1S/C24H28F3N5O2.H2/c25-24(26,27)34-20-5-1-16(2-6-20)4-8-23(33)32-10-9-18-13-31(14-19(18)15-32)12-17-3-7-21-22(11-17)29-30-28-21;/h1-3,5-7,11,18-19,28-30H,4,8-10,12-15H2;1H/t18-,19+;/m1./s1. The number of hydrogen-bond donors (Lipinski definition) is 3. The quantitative estimate of drug-likeness (QED) is 0.585. The Kier molecular flexibility index (Phi) is 6.26. The van der Waals surface area contributed by atoms with E-state index in [0.29, 0.717) is 24.7 Å². The molecule has 2 aromatic carbocycles. The zero-order valence-electron chi connectivity index (χ0n) is 18.7. The van der Waals surface area contributed by atoms with Gasteiger partial charge in [-0.05, 0) is 60.1 Å². The number of nitrogens with zero attached hydrogens (tertiary/aromatic N) is 2. The van der Waals surface area contributed by atoms with E-state index in [1.54, 1.807) is 12.1 Å². The summed E-state index contributed by atoms with van der Waals surface area (Å²) in [6.07, 6.45) is -2.84. The van der Waals surface area contributed by atoms with Crippen molar-refractivity contribution in [3.63, 3.8) is 0 Å². The second-order valence-corrected chi connectivity index (χ2v) is 9.29. The molecule has 2 aromatic rings. The lowest BCUT2D eigenvalue weighted by atomic mass is 9.88. The monoisotopic (exact) mass is 477 g/mol. The molecule has 3 aliphatic heterocycles. The maximum Gasteiger partial charge on any atom is 0.573 e. The number of alkyl halides is 3. The predicted molar refractivity (Wildman–Crippen MR) is 124 cm³/mol. The van der Waals surface area contributed by atoms with E-state index in [-0.39, 0.29) is 13.1 Å². The van der Waals surface area contributed by atoms with Crippen LogP contribution in [0.15, 0.2) is 42.5 Å². The van der Waals surface area contributed by atoms with Crippen molar-refractivity contribution in [3.8, 4) is 5.75 Å². The number of halogens is 3. The van der Waals surface area contributed by atoms with E-state index in [2.05, 4.69) is 44.2 Å². The maximum atomic E-state index is 12.8. The van der Waals surface area contributed by atoms with E-state index in [1.807, 2.05) is 4.90 Å². The summed E-state index contributed by atoms with van der Waals surface area (Å²) in [6, 6.07) is 12.1. The van der Waals surface area contributed by atoms with Gasteiger partial charge in [0, 0.05) is 40.6 Å². The van der Waals surface area contributed by atoms with Crippen LogP contribution < -0.4 is 21.1 Å². The fourth-order valence-electron chi connectivity index (χ4n) is 5.21. The first-order valence-corrected chi connectivity index (χ1v) is 11.6. The third kappa shape index (κ3) is 5.39. The Morgan fingerprint density at radius 3 is 2.53 bits per heavy atom. The third-order valence-corrected chi connectivity index (χ3v) is 6.90. The lowest BCUT2D eigenvalue weighted by Gasteiger charge is -2.34. The molecule has 0 spiro atoms. The summed E-state index contributed by atoms with van der Waals surface area (Å²) < 4.78 is 40.8. The minimum atomic E-state index is -4.70. The number of benzene rings is 2. The molecule has 10 heteroatoms. The van der Waals surface area contributed by atoms with Gasteiger partial charge in [0.15, 0.2) is 0 Å². The summed E-state index contributed by atoms with van der Waals surface area (Å²) in [4.78, 5) is 17.3. The van der Waals surface area contributed by atoms with Gasteiger partial charge >= 0.3 is 6.36 Å². The van der Waals surface area contributed by atoms with E-state index in [0.717, 1.165) is 56.1 Å². The van der Waals surface area contributed by atoms with Crippen LogP contribution in [0.4, 0.5) is 24.5 Å². The van der Waals surface area contributed by atoms with E-state index in [9.17, 15) is 18.0 Å². The van der Waals surface area contributed by atoms with Crippen molar-refractivity contribution in [2.75, 3.05) is 37.0 Å². The van der Waals surface area contributed by atoms with Crippen LogP contribution in [0, 0.1) is 11.8 Å². The molecule has 0 saturated carbocycles. The topological polar surface area (TPSA) is 68.9 Å². The van der Waals surface area contributed by atoms with Gasteiger partial charge in [-0.1, -0.05) is 18.2 Å². The largest absolute Gasteiger partial charge is 0.573 e. The van der Waals surface area contributed by atoms with Crippen molar-refractivity contribution < 1.29 is 24.1 Å². The molecule has 0 bridgehead atoms. The van der Waals surface area contributed by atoms with E-state index in [4.69, 9.17) is 0 Å². The van der Waals surface area contributed by atoms with Crippen LogP contribution in [0.2, 0.25) is 0 Å². The number of hydrogen-bond acceptors (Lipinski definition) is 6. The van der Waals surface area contributed by atoms with Crippen molar-refractivity contribution in [1.29, 1.82) is 0 Å². The van der Waals surface area contributed by atoms with Crippen LogP contribution in [0.3, 0.4) is 0 Å². The van der Waals surface area contributed by atoms with Crippen LogP contribution in [0.5, 0.6) is 5.75 Å². The van der Waals surface area contributed by atoms with Crippen molar-refractivity contribution in [2.24, 2.45) is 11.8 Å². The number of piperidine rings is 1. The van der Waals surface area contributed by atoms with Crippen LogP contribution in [-0.4, -0.2) is 48.2 Å². The van der Waals surface area contributed by atoms with Gasteiger partial charge in [-0.2, -0.15) is 0 Å². The molecule has 3 aliphatic rings. The molecule has 0 aliphatic carbocycles. The van der Waals surface area contributed by atoms with Crippen molar-refractivity contribution in [2.45, 2.75) is 32.2 Å². The minimum Gasteiger partial charge on any atom is -0.406 e. The Hall–Kier alpha value is -2.98.